The van der Waals surface area contributed by atoms with Crippen LogP contribution in [-0.4, -0.2) is 28.3 Å². The molecule has 2 heterocycles. The second-order valence-corrected chi connectivity index (χ2v) is 7.22. The van der Waals surface area contributed by atoms with Crippen LogP contribution in [0.2, 0.25) is 0 Å². The summed E-state index contributed by atoms with van der Waals surface area (Å²) in [7, 11) is 1.56. The van der Waals surface area contributed by atoms with E-state index >= 15 is 0 Å². The van der Waals surface area contributed by atoms with Crippen molar-refractivity contribution in [2.45, 2.75) is 52.1 Å². The fraction of sp³-hybridized carbons (Fsp3) is 0.625. The summed E-state index contributed by atoms with van der Waals surface area (Å²) in [6.07, 6.45) is 2.10. The van der Waals surface area contributed by atoms with E-state index in [9.17, 15) is 9.59 Å². The predicted octanol–water partition coefficient (Wildman–Crippen LogP) is 1.70. The number of imide groups is 1. The number of aromatic nitrogens is 1. The number of amides is 2. The molecule has 5 heteroatoms. The minimum atomic E-state index is -0.396. The molecule has 114 valence electrons. The van der Waals surface area contributed by atoms with Gasteiger partial charge in [0, 0.05) is 24.5 Å². The molecular formula is C16H23N3O2. The van der Waals surface area contributed by atoms with Crippen LogP contribution < -0.4 is 5.73 Å². The van der Waals surface area contributed by atoms with E-state index in [1.54, 1.807) is 7.05 Å². The summed E-state index contributed by atoms with van der Waals surface area (Å²) >= 11 is 0. The predicted molar refractivity (Wildman–Crippen MR) is 79.6 cm³/mol. The second-order valence-electron chi connectivity index (χ2n) is 7.22. The number of carbonyl (C=O) groups is 2. The number of carbonyl (C=O) groups excluding carboxylic acids is 2. The molecule has 0 saturated carbocycles. The smallest absolute Gasteiger partial charge is 0.252 e. The highest BCUT2D eigenvalue weighted by molar-refractivity contribution is 6.04. The average Bonchev–Trinajstić information content (AvgIpc) is 2.80. The van der Waals surface area contributed by atoms with Crippen molar-refractivity contribution >= 4 is 11.8 Å². The second kappa shape index (κ2) is 4.44. The number of hydrogen-bond acceptors (Lipinski definition) is 3. The minimum absolute atomic E-state index is 0.00800. The summed E-state index contributed by atoms with van der Waals surface area (Å²) in [5.41, 5.74) is 9.73. The molecule has 5 nitrogen and oxygen atoms in total. The van der Waals surface area contributed by atoms with Gasteiger partial charge in [-0.05, 0) is 36.8 Å². The van der Waals surface area contributed by atoms with Crippen molar-refractivity contribution in [1.29, 1.82) is 0 Å². The standard InChI is InChI=1S/C16H23N3O2/c1-9-5-10-11(17)7-16(2,3)8-13(10)19(9)12-6-14(20)18(4)15(12)21/h5,11-12H,6-8,17H2,1-4H3. The summed E-state index contributed by atoms with van der Waals surface area (Å²) < 4.78 is 2.06. The van der Waals surface area contributed by atoms with Crippen LogP contribution in [0.15, 0.2) is 6.07 Å². The van der Waals surface area contributed by atoms with Crippen LogP contribution in [0.4, 0.5) is 0 Å². The Morgan fingerprint density at radius 3 is 2.57 bits per heavy atom. The molecule has 1 aliphatic heterocycles. The van der Waals surface area contributed by atoms with Gasteiger partial charge in [-0.1, -0.05) is 13.8 Å². The molecule has 21 heavy (non-hydrogen) atoms. The molecule has 1 aromatic heterocycles. The molecular weight excluding hydrogens is 266 g/mol. The van der Waals surface area contributed by atoms with Gasteiger partial charge in [0.2, 0.25) is 5.91 Å². The lowest BCUT2D eigenvalue weighted by atomic mass is 9.74. The summed E-state index contributed by atoms with van der Waals surface area (Å²) in [6, 6.07) is 1.70. The van der Waals surface area contributed by atoms with Crippen LogP contribution in [-0.2, 0) is 16.0 Å². The van der Waals surface area contributed by atoms with E-state index in [1.807, 2.05) is 6.92 Å². The van der Waals surface area contributed by atoms with Crippen molar-refractivity contribution in [3.8, 4) is 0 Å². The molecule has 3 rings (SSSR count). The molecule has 2 amide bonds. The van der Waals surface area contributed by atoms with Gasteiger partial charge in [-0.3, -0.25) is 14.5 Å². The Labute approximate surface area is 125 Å². The number of nitrogens with zero attached hydrogens (tertiary/aromatic N) is 2. The highest BCUT2D eigenvalue weighted by Crippen LogP contribution is 2.42. The van der Waals surface area contributed by atoms with Gasteiger partial charge >= 0.3 is 0 Å². The van der Waals surface area contributed by atoms with Crippen LogP contribution in [0.25, 0.3) is 0 Å². The third kappa shape index (κ3) is 2.11. The van der Waals surface area contributed by atoms with E-state index in [0.717, 1.165) is 29.8 Å². The molecule has 2 atom stereocenters. The highest BCUT2D eigenvalue weighted by atomic mass is 16.2. The number of fused-ring (bicyclic) bond motifs is 1. The van der Waals surface area contributed by atoms with Gasteiger partial charge in [-0.25, -0.2) is 0 Å². The largest absolute Gasteiger partial charge is 0.336 e. The first-order valence-corrected chi connectivity index (χ1v) is 7.48. The molecule has 2 N–H and O–H groups in total. The first-order valence-electron chi connectivity index (χ1n) is 7.48. The first-order chi connectivity index (χ1) is 9.71. The van der Waals surface area contributed by atoms with Gasteiger partial charge in [0.1, 0.15) is 6.04 Å². The summed E-state index contributed by atoms with van der Waals surface area (Å²) in [4.78, 5) is 25.4. The third-order valence-corrected chi connectivity index (χ3v) is 4.86. The lowest BCUT2D eigenvalue weighted by Gasteiger charge is -2.35. The van der Waals surface area contributed by atoms with Gasteiger partial charge < -0.3 is 10.3 Å². The Hall–Kier alpha value is -1.62. The van der Waals surface area contributed by atoms with Crippen LogP contribution in [0.3, 0.4) is 0 Å². The van der Waals surface area contributed by atoms with Crippen molar-refractivity contribution in [1.82, 2.24) is 9.47 Å². The third-order valence-electron chi connectivity index (χ3n) is 4.86. The molecule has 2 aliphatic rings. The van der Waals surface area contributed by atoms with Crippen molar-refractivity contribution in [2.24, 2.45) is 11.1 Å². The van der Waals surface area contributed by atoms with E-state index in [1.165, 1.54) is 4.90 Å². The molecule has 2 unspecified atom stereocenters. The fourth-order valence-corrected chi connectivity index (χ4v) is 3.84. The average molecular weight is 289 g/mol. The van der Waals surface area contributed by atoms with Crippen molar-refractivity contribution < 1.29 is 9.59 Å². The SMILES string of the molecule is Cc1cc2c(n1C1CC(=O)N(C)C1=O)CC(C)(C)CC2N. The molecule has 1 saturated heterocycles. The number of hydrogen-bond donors (Lipinski definition) is 1. The zero-order valence-corrected chi connectivity index (χ0v) is 13.1. The fourth-order valence-electron chi connectivity index (χ4n) is 3.84. The molecule has 1 fully saturated rings. The van der Waals surface area contributed by atoms with Crippen molar-refractivity contribution in [3.63, 3.8) is 0 Å². The van der Waals surface area contributed by atoms with Gasteiger partial charge in [-0.2, -0.15) is 0 Å². The van der Waals surface area contributed by atoms with Crippen LogP contribution in [0, 0.1) is 12.3 Å². The first kappa shape index (κ1) is 14.3. The van der Waals surface area contributed by atoms with E-state index < -0.39 is 6.04 Å². The summed E-state index contributed by atoms with van der Waals surface area (Å²) in [5.74, 6) is -0.218. The maximum absolute atomic E-state index is 12.3. The van der Waals surface area contributed by atoms with E-state index in [-0.39, 0.29) is 29.7 Å². The Bertz CT molecular complexity index is 630. The van der Waals surface area contributed by atoms with Gasteiger partial charge in [-0.15, -0.1) is 0 Å². The van der Waals surface area contributed by atoms with E-state index in [2.05, 4.69) is 24.5 Å². The van der Waals surface area contributed by atoms with Crippen molar-refractivity contribution in [3.05, 3.63) is 23.0 Å². The quantitative estimate of drug-likeness (QED) is 0.800. The number of aryl methyl sites for hydroxylation is 1. The Morgan fingerprint density at radius 2 is 2.00 bits per heavy atom. The Balaban J connectivity index is 2.09. The van der Waals surface area contributed by atoms with Gasteiger partial charge in [0.15, 0.2) is 0 Å². The maximum Gasteiger partial charge on any atom is 0.252 e. The van der Waals surface area contributed by atoms with Gasteiger partial charge in [0.25, 0.3) is 5.91 Å². The summed E-state index contributed by atoms with van der Waals surface area (Å²) in [6.45, 7) is 6.40. The van der Waals surface area contributed by atoms with Crippen LogP contribution >= 0.6 is 0 Å². The van der Waals surface area contributed by atoms with E-state index in [4.69, 9.17) is 5.73 Å². The molecule has 1 aromatic rings. The minimum Gasteiger partial charge on any atom is -0.336 e. The number of nitrogens with two attached hydrogens (primary N) is 1. The molecule has 0 aromatic carbocycles. The normalized spacial score (nSPS) is 28.1. The summed E-state index contributed by atoms with van der Waals surface area (Å²) in [5, 5.41) is 0. The molecule has 1 aliphatic carbocycles. The van der Waals surface area contributed by atoms with Gasteiger partial charge in [0.05, 0.1) is 6.42 Å². The van der Waals surface area contributed by atoms with E-state index in [0.29, 0.717) is 0 Å². The molecule has 0 radical (unpaired) electrons. The highest BCUT2D eigenvalue weighted by Gasteiger charge is 2.41. The Morgan fingerprint density at radius 1 is 1.33 bits per heavy atom. The van der Waals surface area contributed by atoms with Crippen molar-refractivity contribution in [2.75, 3.05) is 7.05 Å². The number of likely N-dealkylation sites (tertiary alicyclic amines) is 1. The van der Waals surface area contributed by atoms with Crippen LogP contribution in [0.5, 0.6) is 0 Å². The maximum atomic E-state index is 12.3. The lowest BCUT2D eigenvalue weighted by Crippen LogP contribution is -2.32. The number of likely N-dealkylation sites (N-methyl/N-ethyl adjacent to an activating group) is 1. The van der Waals surface area contributed by atoms with Crippen LogP contribution in [0.1, 0.15) is 55.7 Å². The monoisotopic (exact) mass is 289 g/mol. The lowest BCUT2D eigenvalue weighted by molar-refractivity contribution is -0.137. The number of rotatable bonds is 1. The Kier molecular flexibility index (Phi) is 3.03. The molecule has 0 bridgehead atoms. The topological polar surface area (TPSA) is 68.3 Å². The zero-order valence-electron chi connectivity index (χ0n) is 13.1. The molecule has 0 spiro atoms. The zero-order chi connectivity index (χ0) is 15.5.